The zero-order valence-corrected chi connectivity index (χ0v) is 9.86. The van der Waals surface area contributed by atoms with Gasteiger partial charge in [0.25, 0.3) is 0 Å². The van der Waals surface area contributed by atoms with Gasteiger partial charge in [0, 0.05) is 0 Å². The van der Waals surface area contributed by atoms with Crippen LogP contribution in [0.5, 0.6) is 0 Å². The predicted octanol–water partition coefficient (Wildman–Crippen LogP) is 1.99. The molecular formula is C15H15NO2. The highest BCUT2D eigenvalue weighted by Crippen LogP contribution is 2.30. The van der Waals surface area contributed by atoms with E-state index in [9.17, 15) is 9.90 Å². The molecule has 1 amide bonds. The number of carbonyl (C=O) groups excluding carboxylic acids is 1. The molecule has 0 saturated heterocycles. The van der Waals surface area contributed by atoms with Crippen LogP contribution in [0, 0.1) is 0 Å². The van der Waals surface area contributed by atoms with E-state index in [2.05, 4.69) is 0 Å². The third-order valence-corrected chi connectivity index (χ3v) is 2.92. The molecule has 0 radical (unpaired) electrons. The Morgan fingerprint density at radius 1 is 0.889 bits per heavy atom. The SMILES string of the molecule is NC(=O)[C@H](c1ccccc1)[C@@H](O)c1ccccc1. The highest BCUT2D eigenvalue weighted by molar-refractivity contribution is 5.82. The fraction of sp³-hybridized carbons (Fsp3) is 0.133. The number of nitrogens with two attached hydrogens (primary N) is 1. The van der Waals surface area contributed by atoms with E-state index in [1.54, 1.807) is 24.3 Å². The standard InChI is InChI=1S/C15H15NO2/c16-15(18)13(11-7-3-1-4-8-11)14(17)12-9-5-2-6-10-12/h1-10,13-14,17H,(H2,16,18)/t13-,14+/m1/s1. The number of benzene rings is 2. The van der Waals surface area contributed by atoms with Crippen LogP contribution < -0.4 is 5.73 Å². The van der Waals surface area contributed by atoms with E-state index in [1.165, 1.54) is 0 Å². The van der Waals surface area contributed by atoms with Gasteiger partial charge in [-0.3, -0.25) is 4.79 Å². The first kappa shape index (κ1) is 12.3. The Morgan fingerprint density at radius 3 is 1.78 bits per heavy atom. The molecule has 92 valence electrons. The first-order valence-electron chi connectivity index (χ1n) is 5.77. The Bertz CT molecular complexity index is 511. The van der Waals surface area contributed by atoms with E-state index in [0.717, 1.165) is 5.56 Å². The third-order valence-electron chi connectivity index (χ3n) is 2.92. The fourth-order valence-corrected chi connectivity index (χ4v) is 2.01. The Balaban J connectivity index is 2.35. The average molecular weight is 241 g/mol. The van der Waals surface area contributed by atoms with Crippen LogP contribution in [-0.2, 0) is 4.79 Å². The maximum absolute atomic E-state index is 11.6. The summed E-state index contributed by atoms with van der Waals surface area (Å²) in [6, 6.07) is 18.2. The predicted molar refractivity (Wildman–Crippen MR) is 69.8 cm³/mol. The number of hydrogen-bond acceptors (Lipinski definition) is 2. The van der Waals surface area contributed by atoms with Crippen molar-refractivity contribution < 1.29 is 9.90 Å². The number of carbonyl (C=O) groups is 1. The number of hydrogen-bond donors (Lipinski definition) is 2. The second kappa shape index (κ2) is 5.47. The van der Waals surface area contributed by atoms with E-state index in [1.807, 2.05) is 36.4 Å². The van der Waals surface area contributed by atoms with Crippen molar-refractivity contribution in [3.63, 3.8) is 0 Å². The molecule has 0 fully saturated rings. The molecule has 2 aromatic rings. The van der Waals surface area contributed by atoms with Crippen molar-refractivity contribution in [2.75, 3.05) is 0 Å². The Kier molecular flexibility index (Phi) is 3.75. The Labute approximate surface area is 106 Å². The summed E-state index contributed by atoms with van der Waals surface area (Å²) in [6.45, 7) is 0. The summed E-state index contributed by atoms with van der Waals surface area (Å²) in [5.74, 6) is -1.26. The highest BCUT2D eigenvalue weighted by atomic mass is 16.3. The number of rotatable bonds is 4. The van der Waals surface area contributed by atoms with Gasteiger partial charge in [-0.05, 0) is 11.1 Å². The van der Waals surface area contributed by atoms with Crippen molar-refractivity contribution in [3.8, 4) is 0 Å². The van der Waals surface area contributed by atoms with Crippen LogP contribution in [0.3, 0.4) is 0 Å². The number of aliphatic hydroxyl groups is 1. The quantitative estimate of drug-likeness (QED) is 0.859. The molecule has 0 saturated carbocycles. The van der Waals surface area contributed by atoms with Crippen LogP contribution >= 0.6 is 0 Å². The molecule has 0 aliphatic heterocycles. The van der Waals surface area contributed by atoms with Crippen molar-refractivity contribution in [2.24, 2.45) is 5.73 Å². The smallest absolute Gasteiger partial charge is 0.227 e. The van der Waals surface area contributed by atoms with Crippen molar-refractivity contribution >= 4 is 5.91 Å². The molecule has 2 aromatic carbocycles. The van der Waals surface area contributed by atoms with Gasteiger partial charge in [-0.2, -0.15) is 0 Å². The molecule has 2 rings (SSSR count). The minimum Gasteiger partial charge on any atom is -0.387 e. The van der Waals surface area contributed by atoms with Gasteiger partial charge in [0.1, 0.15) is 0 Å². The second-order valence-electron chi connectivity index (χ2n) is 4.15. The maximum atomic E-state index is 11.6. The molecule has 0 aliphatic carbocycles. The normalized spacial score (nSPS) is 13.8. The van der Waals surface area contributed by atoms with E-state index < -0.39 is 17.9 Å². The van der Waals surface area contributed by atoms with E-state index in [0.29, 0.717) is 5.56 Å². The van der Waals surface area contributed by atoms with Crippen LogP contribution in [0.4, 0.5) is 0 Å². The molecule has 0 heterocycles. The Morgan fingerprint density at radius 2 is 1.33 bits per heavy atom. The van der Waals surface area contributed by atoms with Gasteiger partial charge < -0.3 is 10.8 Å². The molecule has 0 unspecified atom stereocenters. The number of amides is 1. The first-order valence-corrected chi connectivity index (χ1v) is 5.77. The zero-order valence-electron chi connectivity index (χ0n) is 9.86. The minimum atomic E-state index is -0.925. The van der Waals surface area contributed by atoms with Crippen LogP contribution in [0.25, 0.3) is 0 Å². The van der Waals surface area contributed by atoms with Crippen LogP contribution in [-0.4, -0.2) is 11.0 Å². The summed E-state index contributed by atoms with van der Waals surface area (Å²) >= 11 is 0. The summed E-state index contributed by atoms with van der Waals surface area (Å²) in [4.78, 5) is 11.6. The van der Waals surface area contributed by atoms with Gasteiger partial charge in [-0.25, -0.2) is 0 Å². The van der Waals surface area contributed by atoms with Crippen molar-refractivity contribution in [1.29, 1.82) is 0 Å². The summed E-state index contributed by atoms with van der Waals surface area (Å²) in [5, 5.41) is 10.3. The molecule has 0 bridgehead atoms. The van der Waals surface area contributed by atoms with Gasteiger partial charge >= 0.3 is 0 Å². The van der Waals surface area contributed by atoms with Gasteiger partial charge in [0.15, 0.2) is 0 Å². The molecule has 0 spiro atoms. The monoisotopic (exact) mass is 241 g/mol. The molecule has 0 aliphatic rings. The first-order chi connectivity index (χ1) is 8.70. The summed E-state index contributed by atoms with van der Waals surface area (Å²) in [7, 11) is 0. The maximum Gasteiger partial charge on any atom is 0.227 e. The van der Waals surface area contributed by atoms with Crippen LogP contribution in [0.1, 0.15) is 23.1 Å². The van der Waals surface area contributed by atoms with Gasteiger partial charge in [-0.15, -0.1) is 0 Å². The lowest BCUT2D eigenvalue weighted by Gasteiger charge is -2.20. The van der Waals surface area contributed by atoms with E-state index >= 15 is 0 Å². The number of primary amides is 1. The van der Waals surface area contributed by atoms with E-state index in [4.69, 9.17) is 5.73 Å². The van der Waals surface area contributed by atoms with Crippen molar-refractivity contribution in [2.45, 2.75) is 12.0 Å². The number of aliphatic hydroxyl groups excluding tert-OH is 1. The minimum absolute atomic E-state index is 0.530. The highest BCUT2D eigenvalue weighted by Gasteiger charge is 2.27. The zero-order chi connectivity index (χ0) is 13.0. The average Bonchev–Trinajstić information content (AvgIpc) is 2.40. The second-order valence-corrected chi connectivity index (χ2v) is 4.15. The third kappa shape index (κ3) is 2.57. The van der Waals surface area contributed by atoms with Gasteiger partial charge in [0.2, 0.25) is 5.91 Å². The van der Waals surface area contributed by atoms with Crippen LogP contribution in [0.2, 0.25) is 0 Å². The van der Waals surface area contributed by atoms with Gasteiger partial charge in [0.05, 0.1) is 12.0 Å². The summed E-state index contributed by atoms with van der Waals surface area (Å²) in [6.07, 6.45) is -0.925. The van der Waals surface area contributed by atoms with Crippen molar-refractivity contribution in [3.05, 3.63) is 71.8 Å². The molecule has 0 aromatic heterocycles. The van der Waals surface area contributed by atoms with Crippen molar-refractivity contribution in [1.82, 2.24) is 0 Å². The lowest BCUT2D eigenvalue weighted by Crippen LogP contribution is -2.26. The molecular weight excluding hydrogens is 226 g/mol. The molecule has 18 heavy (non-hydrogen) atoms. The topological polar surface area (TPSA) is 63.3 Å². The summed E-state index contributed by atoms with van der Waals surface area (Å²) < 4.78 is 0. The van der Waals surface area contributed by atoms with Gasteiger partial charge in [-0.1, -0.05) is 60.7 Å². The largest absolute Gasteiger partial charge is 0.387 e. The lowest BCUT2D eigenvalue weighted by molar-refractivity contribution is -0.122. The molecule has 3 nitrogen and oxygen atoms in total. The lowest BCUT2D eigenvalue weighted by atomic mass is 9.89. The molecule has 3 N–H and O–H groups in total. The fourth-order valence-electron chi connectivity index (χ4n) is 2.01. The molecule has 2 atom stereocenters. The Hall–Kier alpha value is -2.13. The van der Waals surface area contributed by atoms with Crippen LogP contribution in [0.15, 0.2) is 60.7 Å². The van der Waals surface area contributed by atoms with E-state index in [-0.39, 0.29) is 0 Å². The summed E-state index contributed by atoms with van der Waals surface area (Å²) in [5.41, 5.74) is 6.82. The molecule has 3 heteroatoms.